The third kappa shape index (κ3) is 2.58. The van der Waals surface area contributed by atoms with E-state index in [0.29, 0.717) is 6.04 Å². The van der Waals surface area contributed by atoms with Gasteiger partial charge in [0.2, 0.25) is 0 Å². The second-order valence-corrected chi connectivity index (χ2v) is 4.40. The minimum absolute atomic E-state index is 0.503. The van der Waals surface area contributed by atoms with Gasteiger partial charge in [0.1, 0.15) is 0 Å². The van der Waals surface area contributed by atoms with E-state index >= 15 is 0 Å². The maximum Gasteiger partial charge on any atom is 0.0360 e. The third-order valence-corrected chi connectivity index (χ3v) is 3.24. The molecule has 0 bridgehead atoms. The molecule has 1 atom stereocenters. The van der Waals surface area contributed by atoms with Crippen LogP contribution < -0.4 is 5.73 Å². The first-order chi connectivity index (χ1) is 7.33. The highest BCUT2D eigenvalue weighted by molar-refractivity contribution is 5.19. The molecule has 0 heterocycles. The molecule has 82 valence electrons. The van der Waals surface area contributed by atoms with Crippen molar-refractivity contribution >= 4 is 0 Å². The van der Waals surface area contributed by atoms with Gasteiger partial charge in [-0.1, -0.05) is 30.3 Å². The normalized spacial score (nSPS) is 18.1. The van der Waals surface area contributed by atoms with Crippen LogP contribution in [0.2, 0.25) is 0 Å². The number of hydrogen-bond acceptors (Lipinski definition) is 2. The van der Waals surface area contributed by atoms with Gasteiger partial charge >= 0.3 is 0 Å². The van der Waals surface area contributed by atoms with Crippen LogP contribution in [0.5, 0.6) is 0 Å². The number of rotatable bonds is 5. The summed E-state index contributed by atoms with van der Waals surface area (Å²) in [5, 5.41) is 0. The Hall–Kier alpha value is -0.860. The Balaban J connectivity index is 2.11. The average Bonchev–Trinajstić information content (AvgIpc) is 3.10. The minimum atomic E-state index is 0.503. The van der Waals surface area contributed by atoms with Gasteiger partial charge in [0.15, 0.2) is 0 Å². The predicted octanol–water partition coefficient (Wildman–Crippen LogP) is 2.17. The van der Waals surface area contributed by atoms with Crippen molar-refractivity contribution in [2.45, 2.75) is 31.3 Å². The maximum atomic E-state index is 5.70. The summed E-state index contributed by atoms with van der Waals surface area (Å²) in [5.74, 6) is 0. The average molecular weight is 204 g/mol. The van der Waals surface area contributed by atoms with Crippen LogP contribution in [0.25, 0.3) is 0 Å². The Kier molecular flexibility index (Phi) is 3.39. The zero-order valence-corrected chi connectivity index (χ0v) is 9.39. The zero-order chi connectivity index (χ0) is 10.7. The molecule has 1 saturated carbocycles. The van der Waals surface area contributed by atoms with Crippen LogP contribution in [0, 0.1) is 0 Å². The van der Waals surface area contributed by atoms with Gasteiger partial charge in [-0.15, -0.1) is 0 Å². The molecule has 2 nitrogen and oxygen atoms in total. The lowest BCUT2D eigenvalue weighted by molar-refractivity contribution is 0.225. The second kappa shape index (κ2) is 4.77. The molecule has 1 unspecified atom stereocenters. The van der Waals surface area contributed by atoms with Crippen molar-refractivity contribution < 1.29 is 0 Å². The summed E-state index contributed by atoms with van der Waals surface area (Å²) in [5.41, 5.74) is 7.10. The first-order valence-electron chi connectivity index (χ1n) is 5.80. The first-order valence-corrected chi connectivity index (χ1v) is 5.80. The van der Waals surface area contributed by atoms with Crippen molar-refractivity contribution in [1.82, 2.24) is 4.90 Å². The van der Waals surface area contributed by atoms with Gasteiger partial charge in [0, 0.05) is 12.1 Å². The molecular weight excluding hydrogens is 184 g/mol. The van der Waals surface area contributed by atoms with E-state index in [-0.39, 0.29) is 0 Å². The summed E-state index contributed by atoms with van der Waals surface area (Å²) in [6.07, 6.45) is 3.76. The van der Waals surface area contributed by atoms with Gasteiger partial charge < -0.3 is 5.73 Å². The van der Waals surface area contributed by atoms with Crippen LogP contribution in [-0.4, -0.2) is 24.5 Å². The number of benzene rings is 1. The lowest BCUT2D eigenvalue weighted by Crippen LogP contribution is -2.28. The molecule has 0 spiro atoms. The van der Waals surface area contributed by atoms with Crippen LogP contribution in [0.3, 0.4) is 0 Å². The summed E-state index contributed by atoms with van der Waals surface area (Å²) < 4.78 is 0. The van der Waals surface area contributed by atoms with Gasteiger partial charge in [-0.2, -0.15) is 0 Å². The second-order valence-electron chi connectivity index (χ2n) is 4.40. The molecule has 0 amide bonds. The molecule has 2 heteroatoms. The van der Waals surface area contributed by atoms with E-state index in [9.17, 15) is 0 Å². The van der Waals surface area contributed by atoms with Gasteiger partial charge in [-0.3, -0.25) is 4.90 Å². The molecule has 1 aromatic carbocycles. The molecule has 1 aliphatic rings. The molecule has 2 N–H and O–H groups in total. The summed E-state index contributed by atoms with van der Waals surface area (Å²) >= 11 is 0. The summed E-state index contributed by atoms with van der Waals surface area (Å²) in [7, 11) is 2.23. The molecule has 1 aliphatic carbocycles. The lowest BCUT2D eigenvalue weighted by atomic mass is 10.0. The minimum Gasteiger partial charge on any atom is -0.330 e. The van der Waals surface area contributed by atoms with Gasteiger partial charge in [-0.05, 0) is 38.4 Å². The molecule has 15 heavy (non-hydrogen) atoms. The quantitative estimate of drug-likeness (QED) is 0.796. The Labute approximate surface area is 92.1 Å². The lowest BCUT2D eigenvalue weighted by Gasteiger charge is -2.28. The number of hydrogen-bond donors (Lipinski definition) is 1. The van der Waals surface area contributed by atoms with Crippen LogP contribution in [-0.2, 0) is 0 Å². The van der Waals surface area contributed by atoms with Crippen LogP contribution in [0.1, 0.15) is 30.9 Å². The fraction of sp³-hybridized carbons (Fsp3) is 0.538. The summed E-state index contributed by atoms with van der Waals surface area (Å²) in [4.78, 5) is 2.49. The van der Waals surface area contributed by atoms with Gasteiger partial charge in [-0.25, -0.2) is 0 Å². The Bertz CT molecular complexity index is 293. The van der Waals surface area contributed by atoms with E-state index in [4.69, 9.17) is 5.73 Å². The van der Waals surface area contributed by atoms with Crippen molar-refractivity contribution in [3.8, 4) is 0 Å². The standard InChI is InChI=1S/C13H20N2/c1-15(12-7-8-12)13(9-10-14)11-5-3-2-4-6-11/h2-6,12-13H,7-10,14H2,1H3. The Morgan fingerprint density at radius 3 is 2.53 bits per heavy atom. The van der Waals surface area contributed by atoms with Crippen molar-refractivity contribution in [2.75, 3.05) is 13.6 Å². The molecule has 1 fully saturated rings. The number of nitrogens with two attached hydrogens (primary N) is 1. The molecule has 0 saturated heterocycles. The van der Waals surface area contributed by atoms with Gasteiger partial charge in [0.05, 0.1) is 0 Å². The van der Waals surface area contributed by atoms with Crippen LogP contribution in [0.15, 0.2) is 30.3 Å². The zero-order valence-electron chi connectivity index (χ0n) is 9.39. The highest BCUT2D eigenvalue weighted by Crippen LogP contribution is 2.34. The summed E-state index contributed by atoms with van der Waals surface area (Å²) in [6, 6.07) is 12.0. The van der Waals surface area contributed by atoms with E-state index in [1.807, 2.05) is 0 Å². The molecule has 0 radical (unpaired) electrons. The molecule has 0 aromatic heterocycles. The highest BCUT2D eigenvalue weighted by Gasteiger charge is 2.31. The Morgan fingerprint density at radius 2 is 2.00 bits per heavy atom. The maximum absolute atomic E-state index is 5.70. The largest absolute Gasteiger partial charge is 0.330 e. The SMILES string of the molecule is CN(C1CC1)C(CCN)c1ccccc1. The van der Waals surface area contributed by atoms with E-state index in [1.165, 1.54) is 18.4 Å². The highest BCUT2D eigenvalue weighted by atomic mass is 15.2. The predicted molar refractivity (Wildman–Crippen MR) is 63.6 cm³/mol. The van der Waals surface area contributed by atoms with Crippen LogP contribution in [0.4, 0.5) is 0 Å². The molecular formula is C13H20N2. The molecule has 2 rings (SSSR count). The van der Waals surface area contributed by atoms with E-state index in [2.05, 4.69) is 42.3 Å². The van der Waals surface area contributed by atoms with E-state index < -0.39 is 0 Å². The fourth-order valence-electron chi connectivity index (χ4n) is 2.17. The topological polar surface area (TPSA) is 29.3 Å². The first kappa shape index (κ1) is 10.7. The van der Waals surface area contributed by atoms with E-state index in [1.54, 1.807) is 0 Å². The monoisotopic (exact) mass is 204 g/mol. The van der Waals surface area contributed by atoms with Crippen LogP contribution >= 0.6 is 0 Å². The van der Waals surface area contributed by atoms with Gasteiger partial charge in [0.25, 0.3) is 0 Å². The van der Waals surface area contributed by atoms with Crippen molar-refractivity contribution in [1.29, 1.82) is 0 Å². The van der Waals surface area contributed by atoms with Crippen molar-refractivity contribution in [3.63, 3.8) is 0 Å². The van der Waals surface area contributed by atoms with E-state index in [0.717, 1.165) is 19.0 Å². The third-order valence-electron chi connectivity index (χ3n) is 3.24. The van der Waals surface area contributed by atoms with Crippen molar-refractivity contribution in [3.05, 3.63) is 35.9 Å². The fourth-order valence-corrected chi connectivity index (χ4v) is 2.17. The molecule has 1 aromatic rings. The Morgan fingerprint density at radius 1 is 1.33 bits per heavy atom. The molecule has 0 aliphatic heterocycles. The van der Waals surface area contributed by atoms with Crippen molar-refractivity contribution in [2.24, 2.45) is 5.73 Å². The number of nitrogens with zero attached hydrogens (tertiary/aromatic N) is 1. The smallest absolute Gasteiger partial charge is 0.0360 e. The summed E-state index contributed by atoms with van der Waals surface area (Å²) in [6.45, 7) is 0.761.